The van der Waals surface area contributed by atoms with E-state index in [1.165, 1.54) is 78.9 Å². The molecule has 0 saturated heterocycles. The second kappa shape index (κ2) is 14.8. The minimum absolute atomic E-state index is 0.0280. The molecule has 334 valence electrons. The van der Waals surface area contributed by atoms with Crippen LogP contribution in [0.3, 0.4) is 0 Å². The molecule has 0 unspecified atom stereocenters. The molecule has 1 saturated carbocycles. The first-order valence-electron chi connectivity index (χ1n) is 26.6. The monoisotopic (exact) mass is 895 g/mol. The maximum absolute atomic E-state index is 10.0. The van der Waals surface area contributed by atoms with Crippen LogP contribution in [0.25, 0.3) is 32.3 Å². The Morgan fingerprint density at radius 1 is 0.567 bits per heavy atom. The molecule has 0 N–H and O–H groups in total. The van der Waals surface area contributed by atoms with Crippen LogP contribution >= 0.6 is 11.3 Å². The fourth-order valence-electron chi connectivity index (χ4n) is 12.1. The molecule has 0 amide bonds. The Hall–Kier alpha value is -5.84. The first-order valence-corrected chi connectivity index (χ1v) is 25.4. The van der Waals surface area contributed by atoms with Crippen LogP contribution in [0.4, 0.5) is 34.1 Å². The van der Waals surface area contributed by atoms with Gasteiger partial charge in [-0.1, -0.05) is 173 Å². The first kappa shape index (κ1) is 38.2. The van der Waals surface area contributed by atoms with Crippen molar-refractivity contribution in [3.63, 3.8) is 0 Å². The molecule has 1 aromatic heterocycles. The second-order valence-corrected chi connectivity index (χ2v) is 24.1. The fraction of sp³-hybridized carbons (Fsp3) is 0.302. The van der Waals surface area contributed by atoms with Crippen LogP contribution in [-0.4, -0.2) is 6.71 Å². The van der Waals surface area contributed by atoms with E-state index in [1.54, 1.807) is 0 Å². The summed E-state index contributed by atoms with van der Waals surface area (Å²) in [4.78, 5) is 4.70. The number of hydrogen-bond donors (Lipinski definition) is 0. The van der Waals surface area contributed by atoms with Crippen LogP contribution in [-0.2, 0) is 21.7 Å². The van der Waals surface area contributed by atoms with Gasteiger partial charge in [-0.15, -0.1) is 11.3 Å². The third-order valence-electron chi connectivity index (χ3n) is 15.6. The highest BCUT2D eigenvalue weighted by Crippen LogP contribution is 2.60. The summed E-state index contributed by atoms with van der Waals surface area (Å²) in [6.07, 6.45) is 6.00. The molecule has 7 aromatic carbocycles. The van der Waals surface area contributed by atoms with Crippen molar-refractivity contribution >= 4 is 78.0 Å². The number of anilines is 6. The summed E-state index contributed by atoms with van der Waals surface area (Å²) >= 11 is 1.89. The Morgan fingerprint density at radius 3 is 1.94 bits per heavy atom. The van der Waals surface area contributed by atoms with Crippen molar-refractivity contribution in [2.45, 2.75) is 123 Å². The predicted molar refractivity (Wildman–Crippen MR) is 291 cm³/mol. The van der Waals surface area contributed by atoms with Crippen LogP contribution in [0.2, 0.25) is 0 Å². The molecule has 3 heterocycles. The van der Waals surface area contributed by atoms with E-state index in [2.05, 4.69) is 176 Å². The fourth-order valence-corrected chi connectivity index (χ4v) is 13.4. The number of benzene rings is 7. The highest BCUT2D eigenvalue weighted by molar-refractivity contribution is 7.33. The number of nitrogens with zero attached hydrogens (tertiary/aromatic N) is 2. The summed E-state index contributed by atoms with van der Waals surface area (Å²) in [6.45, 7) is 22.2. The van der Waals surface area contributed by atoms with Gasteiger partial charge in [-0.2, -0.15) is 0 Å². The summed E-state index contributed by atoms with van der Waals surface area (Å²) in [5.74, 6) is 0. The van der Waals surface area contributed by atoms with E-state index in [1.807, 2.05) is 29.5 Å². The molecule has 1 fully saturated rings. The number of rotatable bonds is 3. The molecule has 2 aliphatic heterocycles. The molecule has 67 heavy (non-hydrogen) atoms. The number of thiophene rings is 1. The Bertz CT molecular complexity index is 3530. The molecular formula is C63H63BN2S. The molecule has 4 aliphatic rings. The predicted octanol–water partition coefficient (Wildman–Crippen LogP) is 16.1. The third kappa shape index (κ3) is 6.49. The highest BCUT2D eigenvalue weighted by atomic mass is 32.1. The van der Waals surface area contributed by atoms with Gasteiger partial charge in [0.05, 0.1) is 16.9 Å². The summed E-state index contributed by atoms with van der Waals surface area (Å²) in [6, 6.07) is 42.6. The lowest BCUT2D eigenvalue weighted by atomic mass is 9.36. The average molecular weight is 895 g/mol. The van der Waals surface area contributed by atoms with Crippen molar-refractivity contribution in [1.29, 1.82) is 0 Å². The highest BCUT2D eigenvalue weighted by Gasteiger charge is 2.49. The maximum atomic E-state index is 10.0. The maximum Gasteiger partial charge on any atom is 0.264 e. The van der Waals surface area contributed by atoms with Crippen molar-refractivity contribution < 1.29 is 5.48 Å². The van der Waals surface area contributed by atoms with Crippen LogP contribution in [0.15, 0.2) is 139 Å². The van der Waals surface area contributed by atoms with Gasteiger partial charge < -0.3 is 9.80 Å². The average Bonchev–Trinajstić information content (AvgIpc) is 3.84. The van der Waals surface area contributed by atoms with Gasteiger partial charge in [0, 0.05) is 48.6 Å². The zero-order valence-electron chi connectivity index (χ0n) is 44.9. The lowest BCUT2D eigenvalue weighted by Crippen LogP contribution is -2.60. The number of fused-ring (bicyclic) bond motifs is 11. The van der Waals surface area contributed by atoms with Crippen LogP contribution in [0.1, 0.15) is 133 Å². The normalized spacial score (nSPS) is 16.8. The molecule has 0 atom stereocenters. The van der Waals surface area contributed by atoms with Gasteiger partial charge in [-0.3, -0.25) is 0 Å². The molecular weight excluding hydrogens is 828 g/mol. The van der Waals surface area contributed by atoms with Gasteiger partial charge in [0.1, 0.15) is 0 Å². The molecule has 0 radical (unpaired) electrons. The van der Waals surface area contributed by atoms with Crippen molar-refractivity contribution in [3.05, 3.63) is 173 Å². The smallest absolute Gasteiger partial charge is 0.264 e. The Morgan fingerprint density at radius 2 is 1.21 bits per heavy atom. The summed E-state index contributed by atoms with van der Waals surface area (Å²) in [5.41, 5.74) is 18.6. The standard InChI is InChI=1S/C63H63BN2S/c1-39-34-53-57-54(35-39)66(52-23-17-22-49-56(52)46-20-12-13-21-48(46)63(49)32-14-11-15-33-63)58-47-37-43(61(5,6)7)27-31-55(47)67-59(58)64(57)50-38-44(62(8,9)10)26-30-51(50)65(53)45-28-24-40(25-29-45)41-18-16-19-42(36-41)60(2,3)4/h12-13,16-31,34-38H,11,14-15,32-33H2,1-10H3/i24D,25D,28D,29D. The van der Waals surface area contributed by atoms with Gasteiger partial charge in [-0.25, -0.2) is 0 Å². The molecule has 0 bridgehead atoms. The van der Waals surface area contributed by atoms with Gasteiger partial charge >= 0.3 is 0 Å². The molecule has 1 spiro atoms. The van der Waals surface area contributed by atoms with Gasteiger partial charge in [0.25, 0.3) is 6.71 Å². The molecule has 4 heteroatoms. The SMILES string of the molecule is [2H]c1c([2H])c(N2c3ccc(C(C)(C)C)cc3B3c4sc5ccc(C(C)(C)C)cc5c4N(c4cccc5c4-c4ccccc4C54CCCCC4)c4cc(C)cc2c43)c([2H])c([2H])c1-c1cccc(C(C)(C)C)c1. The van der Waals surface area contributed by atoms with Crippen molar-refractivity contribution in [3.8, 4) is 22.3 Å². The quantitative estimate of drug-likeness (QED) is 0.163. The van der Waals surface area contributed by atoms with Crippen LogP contribution < -0.4 is 25.5 Å². The lowest BCUT2D eigenvalue weighted by molar-refractivity contribution is 0.353. The molecule has 8 aromatic rings. The van der Waals surface area contributed by atoms with E-state index in [9.17, 15) is 5.48 Å². The van der Waals surface area contributed by atoms with E-state index in [4.69, 9.17) is 0 Å². The molecule has 12 rings (SSSR count). The van der Waals surface area contributed by atoms with Crippen molar-refractivity contribution in [1.82, 2.24) is 0 Å². The van der Waals surface area contributed by atoms with Crippen LogP contribution in [0.5, 0.6) is 0 Å². The zero-order valence-corrected chi connectivity index (χ0v) is 41.7. The van der Waals surface area contributed by atoms with Gasteiger partial charge in [0.2, 0.25) is 0 Å². The van der Waals surface area contributed by atoms with E-state index in [0.717, 1.165) is 52.0 Å². The number of aryl methyl sites for hydroxylation is 1. The van der Waals surface area contributed by atoms with E-state index >= 15 is 0 Å². The van der Waals surface area contributed by atoms with Gasteiger partial charge in [-0.05, 0) is 145 Å². The van der Waals surface area contributed by atoms with E-state index in [0.29, 0.717) is 11.1 Å². The topological polar surface area (TPSA) is 6.48 Å². The minimum atomic E-state index is -0.168. The zero-order chi connectivity index (χ0) is 49.8. The van der Waals surface area contributed by atoms with E-state index < -0.39 is 0 Å². The summed E-state index contributed by atoms with van der Waals surface area (Å²) < 4.78 is 42.1. The largest absolute Gasteiger partial charge is 0.311 e. The molecule has 2 nitrogen and oxygen atoms in total. The summed E-state index contributed by atoms with van der Waals surface area (Å²) in [5, 5.41) is 1.25. The lowest BCUT2D eigenvalue weighted by Gasteiger charge is -2.44. The summed E-state index contributed by atoms with van der Waals surface area (Å²) in [7, 11) is 0. The minimum Gasteiger partial charge on any atom is -0.311 e. The number of hydrogen-bond acceptors (Lipinski definition) is 3. The van der Waals surface area contributed by atoms with Crippen LogP contribution in [0, 0.1) is 6.92 Å². The third-order valence-corrected chi connectivity index (χ3v) is 16.8. The Kier molecular flexibility index (Phi) is 8.45. The Balaban J connectivity index is 1.19. The van der Waals surface area contributed by atoms with Crippen molar-refractivity contribution in [2.24, 2.45) is 0 Å². The van der Waals surface area contributed by atoms with Gasteiger partial charge in [0.15, 0.2) is 0 Å². The molecule has 2 aliphatic carbocycles. The second-order valence-electron chi connectivity index (χ2n) is 23.1. The van der Waals surface area contributed by atoms with Crippen molar-refractivity contribution in [2.75, 3.05) is 9.80 Å². The van der Waals surface area contributed by atoms with E-state index in [-0.39, 0.29) is 58.2 Å². The first-order chi connectivity index (χ1) is 33.7. The Labute approximate surface area is 409 Å².